The summed E-state index contributed by atoms with van der Waals surface area (Å²) in [6.45, 7) is 7.65. The fraction of sp³-hybridized carbons (Fsp3) is 0.423. The van der Waals surface area contributed by atoms with E-state index in [9.17, 15) is 14.3 Å². The van der Waals surface area contributed by atoms with Crippen molar-refractivity contribution in [2.45, 2.75) is 58.0 Å². The molecule has 3 aromatic rings. The van der Waals surface area contributed by atoms with Gasteiger partial charge in [0, 0.05) is 40.7 Å². The van der Waals surface area contributed by atoms with E-state index in [-0.39, 0.29) is 34.2 Å². The number of aromatic nitrogens is 3. The van der Waals surface area contributed by atoms with E-state index >= 15 is 0 Å². The zero-order chi connectivity index (χ0) is 27.8. The summed E-state index contributed by atoms with van der Waals surface area (Å²) in [6, 6.07) is 3.98. The third-order valence-electron chi connectivity index (χ3n) is 6.14. The Morgan fingerprint density at radius 2 is 2.00 bits per heavy atom. The van der Waals surface area contributed by atoms with Gasteiger partial charge in [-0.25, -0.2) is 14.2 Å². The van der Waals surface area contributed by atoms with Crippen LogP contribution in [0.15, 0.2) is 36.8 Å². The number of amides is 1. The lowest BCUT2D eigenvalue weighted by atomic mass is 10.0. The van der Waals surface area contributed by atoms with E-state index in [4.69, 9.17) is 38.4 Å². The van der Waals surface area contributed by atoms with Crippen molar-refractivity contribution < 1.29 is 23.8 Å². The number of pyridine rings is 1. The second kappa shape index (κ2) is 11.0. The van der Waals surface area contributed by atoms with Gasteiger partial charge in [0.2, 0.25) is 0 Å². The molecule has 1 fully saturated rings. The number of carbonyl (C=O) groups is 1. The van der Waals surface area contributed by atoms with E-state index in [0.29, 0.717) is 24.1 Å². The Hall–Kier alpha value is -3.08. The highest BCUT2D eigenvalue weighted by molar-refractivity contribution is 6.36. The van der Waals surface area contributed by atoms with Gasteiger partial charge in [-0.3, -0.25) is 4.68 Å². The van der Waals surface area contributed by atoms with E-state index in [2.05, 4.69) is 10.1 Å². The molecule has 0 saturated carbocycles. The summed E-state index contributed by atoms with van der Waals surface area (Å²) in [5.41, 5.74) is 7.13. The molecule has 3 heterocycles. The third kappa shape index (κ3) is 6.14. The highest BCUT2D eigenvalue weighted by Gasteiger charge is 2.34. The van der Waals surface area contributed by atoms with Crippen molar-refractivity contribution in [1.82, 2.24) is 19.7 Å². The van der Waals surface area contributed by atoms with E-state index in [1.807, 2.05) is 0 Å². The van der Waals surface area contributed by atoms with Gasteiger partial charge in [-0.2, -0.15) is 5.10 Å². The minimum Gasteiger partial charge on any atom is -0.482 e. The number of rotatable bonds is 5. The number of hydrogen-bond acceptors (Lipinski definition) is 7. The first kappa shape index (κ1) is 27.9. The van der Waals surface area contributed by atoms with Gasteiger partial charge in [-0.15, -0.1) is 0 Å². The van der Waals surface area contributed by atoms with Gasteiger partial charge in [0.05, 0.1) is 29.9 Å². The second-order valence-corrected chi connectivity index (χ2v) is 11.0. The van der Waals surface area contributed by atoms with Crippen molar-refractivity contribution >= 4 is 35.1 Å². The number of carbonyl (C=O) groups excluding carboxylic acids is 1. The number of nitrogens with two attached hydrogens (primary N) is 1. The lowest BCUT2D eigenvalue weighted by Crippen LogP contribution is -2.48. The van der Waals surface area contributed by atoms with Crippen molar-refractivity contribution in [2.75, 3.05) is 18.8 Å². The summed E-state index contributed by atoms with van der Waals surface area (Å²) < 4.78 is 27.1. The van der Waals surface area contributed by atoms with Crippen LogP contribution in [-0.2, 0) is 4.74 Å². The van der Waals surface area contributed by atoms with Crippen LogP contribution in [0.2, 0.25) is 10.0 Å². The minimum absolute atomic E-state index is 0.120. The fourth-order valence-electron chi connectivity index (χ4n) is 4.26. The topological polar surface area (TPSA) is 116 Å². The first-order chi connectivity index (χ1) is 17.8. The summed E-state index contributed by atoms with van der Waals surface area (Å²) in [5.74, 6) is -0.195. The lowest BCUT2D eigenvalue weighted by Gasteiger charge is -2.36. The maximum absolute atomic E-state index is 14.0. The van der Waals surface area contributed by atoms with Crippen LogP contribution >= 0.6 is 23.2 Å². The van der Waals surface area contributed by atoms with E-state index < -0.39 is 29.7 Å². The van der Waals surface area contributed by atoms with Gasteiger partial charge in [-0.05, 0) is 52.3 Å². The highest BCUT2D eigenvalue weighted by Crippen LogP contribution is 2.37. The second-order valence-electron chi connectivity index (χ2n) is 10.2. The number of halogens is 3. The number of nitrogen functional groups attached to an aromatic ring is 1. The maximum atomic E-state index is 14.0. The van der Waals surface area contributed by atoms with Crippen LogP contribution in [0.4, 0.5) is 15.0 Å². The largest absolute Gasteiger partial charge is 0.482 e. The van der Waals surface area contributed by atoms with Gasteiger partial charge in [0.1, 0.15) is 17.5 Å². The molecule has 12 heteroatoms. The molecular formula is C26H30Cl2FN5O4. The van der Waals surface area contributed by atoms with Crippen LogP contribution in [0.25, 0.3) is 11.1 Å². The molecule has 1 aromatic carbocycles. The molecule has 0 bridgehead atoms. The number of aliphatic hydroxyl groups excluding tert-OH is 1. The van der Waals surface area contributed by atoms with Gasteiger partial charge < -0.3 is 25.2 Å². The van der Waals surface area contributed by atoms with Gasteiger partial charge >= 0.3 is 6.09 Å². The molecule has 38 heavy (non-hydrogen) atoms. The Kier molecular flexibility index (Phi) is 8.06. The van der Waals surface area contributed by atoms with E-state index in [1.54, 1.807) is 57.0 Å². The molecule has 1 aliphatic heterocycles. The maximum Gasteiger partial charge on any atom is 0.410 e. The first-order valence-corrected chi connectivity index (χ1v) is 12.9. The quantitative estimate of drug-likeness (QED) is 0.383. The van der Waals surface area contributed by atoms with Crippen LogP contribution in [0.1, 0.15) is 51.8 Å². The molecular weight excluding hydrogens is 536 g/mol. The number of β-amino-alcohol motifs (C(OH)–C–C–N with tert-alkyl or cyclic N) is 1. The van der Waals surface area contributed by atoms with Gasteiger partial charge in [0.15, 0.2) is 11.6 Å². The molecule has 0 aliphatic carbocycles. The number of hydrogen-bond donors (Lipinski definition) is 2. The zero-order valence-electron chi connectivity index (χ0n) is 21.5. The molecule has 2 aromatic heterocycles. The van der Waals surface area contributed by atoms with Gasteiger partial charge in [-0.1, -0.05) is 23.2 Å². The summed E-state index contributed by atoms with van der Waals surface area (Å²) in [4.78, 5) is 18.1. The fourth-order valence-corrected chi connectivity index (χ4v) is 4.94. The van der Waals surface area contributed by atoms with E-state index in [1.165, 1.54) is 17.0 Å². The molecule has 0 radical (unpaired) electrons. The average molecular weight is 566 g/mol. The average Bonchev–Trinajstić information content (AvgIpc) is 3.32. The Balaban J connectivity index is 1.49. The molecule has 3 atom stereocenters. The predicted octanol–water partition coefficient (Wildman–Crippen LogP) is 5.66. The molecule has 0 spiro atoms. The molecule has 4 rings (SSSR count). The monoisotopic (exact) mass is 565 g/mol. The Morgan fingerprint density at radius 3 is 2.68 bits per heavy atom. The molecule has 9 nitrogen and oxygen atoms in total. The molecule has 204 valence electrons. The Morgan fingerprint density at radius 1 is 1.26 bits per heavy atom. The number of likely N-dealkylation sites (tertiary alicyclic amines) is 1. The number of benzene rings is 1. The smallest absolute Gasteiger partial charge is 0.410 e. The summed E-state index contributed by atoms with van der Waals surface area (Å²) in [6.07, 6.45) is 3.53. The number of nitrogens with zero attached hydrogens (tertiary/aromatic N) is 4. The standard InChI is InChI=1S/C26H30Cl2FN5O4/c1-14(22-17(27)5-6-18(29)23(22)28)37-21-9-15(10-31-24(21)30)16-11-32-34(12-16)19-7-8-33(13-20(19)35)25(36)38-26(2,3)4/h5-6,9-12,14,19-20,35H,7-8,13H2,1-4H3,(H2,30,31)/t14-,19?,20+/m1/s1. The molecule has 1 amide bonds. The van der Waals surface area contributed by atoms with Crippen LogP contribution in [0.3, 0.4) is 0 Å². The molecule has 1 saturated heterocycles. The van der Waals surface area contributed by atoms with Crippen LogP contribution in [0, 0.1) is 5.82 Å². The normalized spacial score (nSPS) is 18.8. The van der Waals surface area contributed by atoms with Crippen molar-refractivity contribution in [2.24, 2.45) is 0 Å². The number of anilines is 1. The van der Waals surface area contributed by atoms with Crippen LogP contribution in [-0.4, -0.2) is 55.7 Å². The first-order valence-electron chi connectivity index (χ1n) is 12.1. The van der Waals surface area contributed by atoms with Crippen molar-refractivity contribution in [3.8, 4) is 16.9 Å². The van der Waals surface area contributed by atoms with Crippen LogP contribution in [0.5, 0.6) is 5.75 Å². The van der Waals surface area contributed by atoms with Crippen molar-refractivity contribution in [1.29, 1.82) is 0 Å². The summed E-state index contributed by atoms with van der Waals surface area (Å²) in [7, 11) is 0. The molecule has 1 aliphatic rings. The summed E-state index contributed by atoms with van der Waals surface area (Å²) in [5, 5.41) is 15.3. The molecule has 3 N–H and O–H groups in total. The van der Waals surface area contributed by atoms with Crippen molar-refractivity contribution in [3.05, 3.63) is 58.2 Å². The summed E-state index contributed by atoms with van der Waals surface area (Å²) >= 11 is 12.4. The number of aliphatic hydroxyl groups is 1. The zero-order valence-corrected chi connectivity index (χ0v) is 23.0. The molecule has 1 unspecified atom stereocenters. The Labute approximate surface area is 230 Å². The highest BCUT2D eigenvalue weighted by atomic mass is 35.5. The van der Waals surface area contributed by atoms with Gasteiger partial charge in [0.25, 0.3) is 0 Å². The van der Waals surface area contributed by atoms with E-state index in [0.717, 1.165) is 5.56 Å². The third-order valence-corrected chi connectivity index (χ3v) is 6.86. The minimum atomic E-state index is -0.825. The van der Waals surface area contributed by atoms with Crippen molar-refractivity contribution in [3.63, 3.8) is 0 Å². The number of piperidine rings is 1. The lowest BCUT2D eigenvalue weighted by molar-refractivity contribution is -0.0118. The predicted molar refractivity (Wildman–Crippen MR) is 143 cm³/mol. The number of ether oxygens (including phenoxy) is 2. The Bertz CT molecular complexity index is 1330. The van der Waals surface area contributed by atoms with Crippen LogP contribution < -0.4 is 10.5 Å². The SMILES string of the molecule is C[C@@H](Oc1cc(-c2cnn(C3CCN(C(=O)OC(C)(C)C)C[C@@H]3O)c2)cnc1N)c1c(Cl)ccc(F)c1Cl.